The normalized spacial score (nSPS) is 23.5. The van der Waals surface area contributed by atoms with Crippen LogP contribution in [0.25, 0.3) is 0 Å². The molecule has 33 heavy (non-hydrogen) atoms. The Morgan fingerprint density at radius 1 is 1.21 bits per heavy atom. The number of rotatable bonds is 9. The van der Waals surface area contributed by atoms with Gasteiger partial charge in [-0.25, -0.2) is 23.1 Å². The van der Waals surface area contributed by atoms with Gasteiger partial charge in [-0.15, -0.1) is 11.3 Å². The fourth-order valence-corrected chi connectivity index (χ4v) is 7.49. The van der Waals surface area contributed by atoms with Crippen LogP contribution in [-0.2, 0) is 22.9 Å². The van der Waals surface area contributed by atoms with Gasteiger partial charge in [0, 0.05) is 23.2 Å². The molecule has 182 valence electrons. The second kappa shape index (κ2) is 11.0. The van der Waals surface area contributed by atoms with Gasteiger partial charge >= 0.3 is 0 Å². The standard InChI is InChI=1S/C23H34ClN5O2S2/c1-2-12-29(18-7-9-20-21(14-18)32-23(25)27-20)13-11-16-3-5-17(6-4-16)28-33(30,31)19-8-10-22(24)26-15-19/h8,10,15-18,28H,2-7,9,11-14H2,1H3,(H2,25,27)/t16?,17?,18-/m0/s1. The number of anilines is 1. The lowest BCUT2D eigenvalue weighted by Gasteiger charge is -2.36. The summed E-state index contributed by atoms with van der Waals surface area (Å²) in [5.74, 6) is 0.653. The van der Waals surface area contributed by atoms with Crippen molar-refractivity contribution in [1.29, 1.82) is 0 Å². The van der Waals surface area contributed by atoms with Crippen molar-refractivity contribution < 1.29 is 8.42 Å². The number of hydrogen-bond donors (Lipinski definition) is 2. The molecule has 0 aliphatic heterocycles. The van der Waals surface area contributed by atoms with Crippen LogP contribution in [-0.4, -0.2) is 48.5 Å². The number of thiazole rings is 1. The van der Waals surface area contributed by atoms with E-state index in [0.717, 1.165) is 64.5 Å². The zero-order valence-electron chi connectivity index (χ0n) is 19.2. The Kier molecular flexibility index (Phi) is 8.28. The molecule has 1 saturated carbocycles. The van der Waals surface area contributed by atoms with Crippen LogP contribution in [0.1, 0.15) is 62.4 Å². The first-order chi connectivity index (χ1) is 15.8. The van der Waals surface area contributed by atoms with Gasteiger partial charge in [0.25, 0.3) is 0 Å². The van der Waals surface area contributed by atoms with Crippen molar-refractivity contribution >= 4 is 38.1 Å². The fourth-order valence-electron chi connectivity index (χ4n) is 5.18. The molecule has 0 saturated heterocycles. The highest BCUT2D eigenvalue weighted by Gasteiger charge is 2.29. The molecular weight excluding hydrogens is 478 g/mol. The lowest BCUT2D eigenvalue weighted by molar-refractivity contribution is 0.158. The van der Waals surface area contributed by atoms with E-state index < -0.39 is 10.0 Å². The van der Waals surface area contributed by atoms with E-state index in [-0.39, 0.29) is 16.1 Å². The largest absolute Gasteiger partial charge is 0.375 e. The van der Waals surface area contributed by atoms with E-state index in [4.69, 9.17) is 17.3 Å². The van der Waals surface area contributed by atoms with Crippen molar-refractivity contribution in [2.45, 2.75) is 81.7 Å². The van der Waals surface area contributed by atoms with Gasteiger partial charge in [-0.2, -0.15) is 0 Å². The van der Waals surface area contributed by atoms with E-state index >= 15 is 0 Å². The second-order valence-electron chi connectivity index (χ2n) is 9.30. The summed E-state index contributed by atoms with van der Waals surface area (Å²) in [6.45, 7) is 4.48. The third kappa shape index (κ3) is 6.45. The van der Waals surface area contributed by atoms with E-state index in [2.05, 4.69) is 26.5 Å². The lowest BCUT2D eigenvalue weighted by atomic mass is 9.84. The van der Waals surface area contributed by atoms with Crippen molar-refractivity contribution in [3.05, 3.63) is 34.1 Å². The molecule has 2 aromatic heterocycles. The molecule has 1 atom stereocenters. The number of nitrogen functional groups attached to an aromatic ring is 1. The summed E-state index contributed by atoms with van der Waals surface area (Å²) in [4.78, 5) is 12.6. The molecule has 2 aliphatic carbocycles. The highest BCUT2D eigenvalue weighted by atomic mass is 35.5. The molecule has 2 aromatic rings. The molecule has 10 heteroatoms. The van der Waals surface area contributed by atoms with Gasteiger partial charge in [0.2, 0.25) is 10.0 Å². The van der Waals surface area contributed by atoms with Crippen LogP contribution in [0.3, 0.4) is 0 Å². The number of hydrogen-bond acceptors (Lipinski definition) is 7. The van der Waals surface area contributed by atoms with Gasteiger partial charge in [-0.3, -0.25) is 0 Å². The predicted molar refractivity (Wildman–Crippen MR) is 134 cm³/mol. The Balaban J connectivity index is 1.25. The van der Waals surface area contributed by atoms with Crippen molar-refractivity contribution in [2.24, 2.45) is 5.92 Å². The number of pyridine rings is 1. The minimum Gasteiger partial charge on any atom is -0.375 e. The molecule has 0 amide bonds. The Morgan fingerprint density at radius 3 is 2.70 bits per heavy atom. The maximum Gasteiger partial charge on any atom is 0.242 e. The quantitative estimate of drug-likeness (QED) is 0.487. The summed E-state index contributed by atoms with van der Waals surface area (Å²) in [6, 6.07) is 3.57. The Morgan fingerprint density at radius 2 is 2.00 bits per heavy atom. The lowest BCUT2D eigenvalue weighted by Crippen LogP contribution is -2.41. The van der Waals surface area contributed by atoms with Crippen LogP contribution in [0, 0.1) is 5.92 Å². The zero-order valence-corrected chi connectivity index (χ0v) is 21.6. The Hall–Kier alpha value is -1.26. The van der Waals surface area contributed by atoms with Gasteiger partial charge in [-0.05, 0) is 88.9 Å². The molecule has 0 unspecified atom stereocenters. The number of sulfonamides is 1. The number of aromatic nitrogens is 2. The van der Waals surface area contributed by atoms with Crippen LogP contribution >= 0.6 is 22.9 Å². The van der Waals surface area contributed by atoms with Crippen LogP contribution in [0.15, 0.2) is 23.2 Å². The third-order valence-corrected chi connectivity index (χ3v) is 9.64. The number of aryl methyl sites for hydroxylation is 1. The van der Waals surface area contributed by atoms with E-state index in [1.165, 1.54) is 35.3 Å². The second-order valence-corrected chi connectivity index (χ2v) is 12.5. The summed E-state index contributed by atoms with van der Waals surface area (Å²) < 4.78 is 28.1. The molecule has 0 bridgehead atoms. The molecule has 4 rings (SSSR count). The minimum absolute atomic E-state index is 0.0118. The summed E-state index contributed by atoms with van der Waals surface area (Å²) in [5, 5.41) is 0.985. The van der Waals surface area contributed by atoms with Gasteiger partial charge in [0.15, 0.2) is 5.13 Å². The molecule has 0 aromatic carbocycles. The van der Waals surface area contributed by atoms with E-state index in [0.29, 0.717) is 17.1 Å². The fraction of sp³-hybridized carbons (Fsp3) is 0.652. The van der Waals surface area contributed by atoms with Crippen molar-refractivity contribution in [3.8, 4) is 0 Å². The average molecular weight is 512 g/mol. The van der Waals surface area contributed by atoms with Gasteiger partial charge < -0.3 is 10.6 Å². The first-order valence-corrected chi connectivity index (χ1v) is 14.6. The minimum atomic E-state index is -3.56. The first-order valence-electron chi connectivity index (χ1n) is 12.0. The monoisotopic (exact) mass is 511 g/mol. The molecule has 1 fully saturated rings. The summed E-state index contributed by atoms with van der Waals surface area (Å²) in [5.41, 5.74) is 7.13. The smallest absolute Gasteiger partial charge is 0.242 e. The molecule has 7 nitrogen and oxygen atoms in total. The van der Waals surface area contributed by atoms with E-state index in [9.17, 15) is 8.42 Å². The highest BCUT2D eigenvalue weighted by molar-refractivity contribution is 7.89. The molecule has 0 radical (unpaired) electrons. The Labute approximate surface area is 206 Å². The molecular formula is C23H34ClN5O2S2. The van der Waals surface area contributed by atoms with E-state index in [1.807, 2.05) is 0 Å². The number of nitrogens with two attached hydrogens (primary N) is 1. The maximum absolute atomic E-state index is 12.6. The number of halogens is 1. The average Bonchev–Trinajstić information content (AvgIpc) is 3.17. The number of nitrogens with zero attached hydrogens (tertiary/aromatic N) is 3. The Bertz CT molecular complexity index is 1020. The predicted octanol–water partition coefficient (Wildman–Crippen LogP) is 4.27. The van der Waals surface area contributed by atoms with Crippen molar-refractivity contribution in [3.63, 3.8) is 0 Å². The van der Waals surface area contributed by atoms with Gasteiger partial charge in [-0.1, -0.05) is 18.5 Å². The first kappa shape index (κ1) is 24.9. The van der Waals surface area contributed by atoms with Gasteiger partial charge in [0.05, 0.1) is 5.69 Å². The highest BCUT2D eigenvalue weighted by Crippen LogP contribution is 2.32. The molecule has 2 heterocycles. The summed E-state index contributed by atoms with van der Waals surface area (Å²) in [7, 11) is -3.56. The molecule has 2 aliphatic rings. The van der Waals surface area contributed by atoms with Crippen LogP contribution in [0.5, 0.6) is 0 Å². The SMILES string of the molecule is CCCN(CCC1CCC(NS(=O)(=O)c2ccc(Cl)nc2)CC1)[C@H]1CCc2nc(N)sc2C1. The molecule has 0 spiro atoms. The maximum atomic E-state index is 12.6. The van der Waals surface area contributed by atoms with Crippen LogP contribution in [0.2, 0.25) is 5.15 Å². The van der Waals surface area contributed by atoms with Crippen molar-refractivity contribution in [2.75, 3.05) is 18.8 Å². The van der Waals surface area contributed by atoms with E-state index in [1.54, 1.807) is 11.3 Å². The summed E-state index contributed by atoms with van der Waals surface area (Å²) in [6.07, 6.45) is 10.8. The number of fused-ring (bicyclic) bond motifs is 1. The summed E-state index contributed by atoms with van der Waals surface area (Å²) >= 11 is 7.43. The zero-order chi connectivity index (χ0) is 23.4. The number of nitrogens with one attached hydrogen (secondary N) is 1. The van der Waals surface area contributed by atoms with Gasteiger partial charge in [0.1, 0.15) is 10.0 Å². The van der Waals surface area contributed by atoms with Crippen molar-refractivity contribution in [1.82, 2.24) is 19.6 Å². The topological polar surface area (TPSA) is 101 Å². The molecule has 3 N–H and O–H groups in total. The van der Waals surface area contributed by atoms with Crippen LogP contribution < -0.4 is 10.5 Å². The van der Waals surface area contributed by atoms with Crippen LogP contribution in [0.4, 0.5) is 5.13 Å². The third-order valence-electron chi connectivity index (χ3n) is 6.96.